The van der Waals surface area contributed by atoms with Crippen molar-refractivity contribution in [3.63, 3.8) is 0 Å². The van der Waals surface area contributed by atoms with Gasteiger partial charge in [0, 0.05) is 5.56 Å². The molecule has 0 radical (unpaired) electrons. The molecule has 0 fully saturated rings. The number of rotatable bonds is 3. The maximum absolute atomic E-state index is 11.0. The van der Waals surface area contributed by atoms with E-state index >= 15 is 0 Å². The van der Waals surface area contributed by atoms with Gasteiger partial charge in [0.25, 0.3) is 0 Å². The van der Waals surface area contributed by atoms with E-state index < -0.39 is 6.16 Å². The average Bonchev–Trinajstić information content (AvgIpc) is 2.21. The first-order chi connectivity index (χ1) is 7.17. The third-order valence-electron chi connectivity index (χ3n) is 1.61. The zero-order chi connectivity index (χ0) is 11.3. The second-order valence-corrected chi connectivity index (χ2v) is 2.63. The Kier molecular flexibility index (Phi) is 3.68. The summed E-state index contributed by atoms with van der Waals surface area (Å²) in [6.07, 6.45) is 2.11. The van der Waals surface area contributed by atoms with Crippen LogP contribution in [0.2, 0.25) is 0 Å². The molecule has 0 unspecified atom stereocenters. The first kappa shape index (κ1) is 11.0. The Morgan fingerprint density at radius 3 is 3.07 bits per heavy atom. The number of nitrogens with two attached hydrogens (primary N) is 1. The van der Waals surface area contributed by atoms with Crippen molar-refractivity contribution in [2.75, 3.05) is 12.3 Å². The highest BCUT2D eigenvalue weighted by Crippen LogP contribution is 2.17. The molecule has 1 heterocycles. The molecule has 0 aliphatic rings. The van der Waals surface area contributed by atoms with Crippen LogP contribution in [-0.4, -0.2) is 17.7 Å². The number of carbonyl (C=O) groups excluding carboxylic acids is 1. The van der Waals surface area contributed by atoms with E-state index in [2.05, 4.69) is 16.3 Å². The van der Waals surface area contributed by atoms with Crippen molar-refractivity contribution in [1.82, 2.24) is 4.98 Å². The lowest BCUT2D eigenvalue weighted by Crippen LogP contribution is -2.10. The second-order valence-electron chi connectivity index (χ2n) is 2.63. The summed E-state index contributed by atoms with van der Waals surface area (Å²) in [6.45, 7) is 5.51. The number of aromatic nitrogens is 1. The van der Waals surface area contributed by atoms with Gasteiger partial charge in [-0.05, 0) is 13.0 Å². The number of anilines is 1. The topological polar surface area (TPSA) is 74.4 Å². The molecule has 80 valence electrons. The summed E-state index contributed by atoms with van der Waals surface area (Å²) in [5.41, 5.74) is 6.14. The Bertz CT molecular complexity index is 377. The quantitative estimate of drug-likeness (QED) is 0.767. The minimum absolute atomic E-state index is 0.259. The van der Waals surface area contributed by atoms with Gasteiger partial charge in [0.1, 0.15) is 5.82 Å². The monoisotopic (exact) mass is 208 g/mol. The summed E-state index contributed by atoms with van der Waals surface area (Å²) in [7, 11) is 0. The molecule has 0 saturated carbocycles. The first-order valence-corrected chi connectivity index (χ1v) is 4.40. The van der Waals surface area contributed by atoms with E-state index in [1.165, 1.54) is 12.3 Å². The van der Waals surface area contributed by atoms with Gasteiger partial charge in [0.05, 0.1) is 12.8 Å². The molecule has 1 rings (SSSR count). The minimum Gasteiger partial charge on any atom is -0.434 e. The SMILES string of the molecule is C=Cc1cc(OC(=O)OCC)cnc1N. The first-order valence-electron chi connectivity index (χ1n) is 4.40. The lowest BCUT2D eigenvalue weighted by Gasteiger charge is -2.05. The number of pyridine rings is 1. The molecule has 0 aliphatic carbocycles. The molecule has 5 heteroatoms. The van der Waals surface area contributed by atoms with E-state index in [1.807, 2.05) is 0 Å². The van der Waals surface area contributed by atoms with Crippen LogP contribution < -0.4 is 10.5 Å². The highest BCUT2D eigenvalue weighted by molar-refractivity contribution is 5.66. The van der Waals surface area contributed by atoms with E-state index in [9.17, 15) is 4.79 Å². The molecule has 0 bridgehead atoms. The average molecular weight is 208 g/mol. The fourth-order valence-corrected chi connectivity index (χ4v) is 0.935. The Morgan fingerprint density at radius 1 is 1.73 bits per heavy atom. The summed E-state index contributed by atoms with van der Waals surface area (Å²) in [5.74, 6) is 0.610. The zero-order valence-electron chi connectivity index (χ0n) is 8.40. The minimum atomic E-state index is -0.765. The van der Waals surface area contributed by atoms with Crippen molar-refractivity contribution < 1.29 is 14.3 Å². The number of ether oxygens (including phenoxy) is 2. The molecule has 0 aromatic carbocycles. The lowest BCUT2D eigenvalue weighted by atomic mass is 10.2. The Hall–Kier alpha value is -2.04. The largest absolute Gasteiger partial charge is 0.513 e. The molecule has 0 aliphatic heterocycles. The van der Waals surface area contributed by atoms with Crippen molar-refractivity contribution >= 4 is 18.0 Å². The van der Waals surface area contributed by atoms with Crippen LogP contribution >= 0.6 is 0 Å². The number of hydrogen-bond acceptors (Lipinski definition) is 5. The highest BCUT2D eigenvalue weighted by atomic mass is 16.7. The van der Waals surface area contributed by atoms with Gasteiger partial charge in [-0.3, -0.25) is 0 Å². The molecule has 1 aromatic rings. The van der Waals surface area contributed by atoms with Crippen LogP contribution in [0.3, 0.4) is 0 Å². The van der Waals surface area contributed by atoms with Gasteiger partial charge in [-0.2, -0.15) is 0 Å². The summed E-state index contributed by atoms with van der Waals surface area (Å²) < 4.78 is 9.43. The lowest BCUT2D eigenvalue weighted by molar-refractivity contribution is 0.104. The van der Waals surface area contributed by atoms with Crippen LogP contribution in [0.1, 0.15) is 12.5 Å². The van der Waals surface area contributed by atoms with E-state index in [0.29, 0.717) is 11.4 Å². The maximum atomic E-state index is 11.0. The standard InChI is InChI=1S/C10H12N2O3/c1-3-7-5-8(6-12-9(7)11)15-10(13)14-4-2/h3,5-6H,1,4H2,2H3,(H2,11,12). The van der Waals surface area contributed by atoms with Crippen molar-refractivity contribution in [3.8, 4) is 5.75 Å². The molecule has 0 amide bonds. The van der Waals surface area contributed by atoms with Gasteiger partial charge < -0.3 is 15.2 Å². The van der Waals surface area contributed by atoms with Gasteiger partial charge in [-0.25, -0.2) is 9.78 Å². The summed E-state index contributed by atoms with van der Waals surface area (Å²) in [4.78, 5) is 14.8. The third-order valence-corrected chi connectivity index (χ3v) is 1.61. The van der Waals surface area contributed by atoms with Crippen molar-refractivity contribution in [1.29, 1.82) is 0 Å². The summed E-state index contributed by atoms with van der Waals surface area (Å²) in [6, 6.07) is 1.56. The molecule has 0 atom stereocenters. The molecule has 5 nitrogen and oxygen atoms in total. The fourth-order valence-electron chi connectivity index (χ4n) is 0.935. The second kappa shape index (κ2) is 4.99. The van der Waals surface area contributed by atoms with Crippen LogP contribution in [-0.2, 0) is 4.74 Å². The predicted molar refractivity (Wildman–Crippen MR) is 56.4 cm³/mol. The van der Waals surface area contributed by atoms with Crippen LogP contribution in [0.15, 0.2) is 18.8 Å². The predicted octanol–water partition coefficient (Wildman–Crippen LogP) is 1.84. The van der Waals surface area contributed by atoms with Gasteiger partial charge in [0.2, 0.25) is 0 Å². The van der Waals surface area contributed by atoms with Crippen LogP contribution in [0.5, 0.6) is 5.75 Å². The van der Waals surface area contributed by atoms with Crippen LogP contribution in [0, 0.1) is 0 Å². The Morgan fingerprint density at radius 2 is 2.47 bits per heavy atom. The summed E-state index contributed by atoms with van der Waals surface area (Å²) in [5, 5.41) is 0. The maximum Gasteiger partial charge on any atom is 0.513 e. The van der Waals surface area contributed by atoms with Crippen molar-refractivity contribution in [3.05, 3.63) is 24.4 Å². The number of nitrogens with zero attached hydrogens (tertiary/aromatic N) is 1. The number of nitrogen functional groups attached to an aromatic ring is 1. The van der Waals surface area contributed by atoms with E-state index in [4.69, 9.17) is 10.5 Å². The smallest absolute Gasteiger partial charge is 0.434 e. The van der Waals surface area contributed by atoms with Gasteiger partial charge in [-0.1, -0.05) is 12.7 Å². The van der Waals surface area contributed by atoms with E-state index in [1.54, 1.807) is 13.0 Å². The molecular formula is C10H12N2O3. The normalized spacial score (nSPS) is 9.40. The molecule has 15 heavy (non-hydrogen) atoms. The van der Waals surface area contributed by atoms with Crippen LogP contribution in [0.4, 0.5) is 10.6 Å². The van der Waals surface area contributed by atoms with Gasteiger partial charge in [0.15, 0.2) is 5.75 Å². The Balaban J connectivity index is 2.78. The Labute approximate surface area is 87.5 Å². The van der Waals surface area contributed by atoms with E-state index in [-0.39, 0.29) is 12.4 Å². The van der Waals surface area contributed by atoms with E-state index in [0.717, 1.165) is 0 Å². The number of hydrogen-bond donors (Lipinski definition) is 1. The number of carbonyl (C=O) groups is 1. The van der Waals surface area contributed by atoms with Crippen molar-refractivity contribution in [2.45, 2.75) is 6.92 Å². The molecular weight excluding hydrogens is 196 g/mol. The van der Waals surface area contributed by atoms with Gasteiger partial charge >= 0.3 is 6.16 Å². The zero-order valence-corrected chi connectivity index (χ0v) is 8.40. The highest BCUT2D eigenvalue weighted by Gasteiger charge is 2.06. The van der Waals surface area contributed by atoms with Crippen LogP contribution in [0.25, 0.3) is 6.08 Å². The summed E-state index contributed by atoms with van der Waals surface area (Å²) >= 11 is 0. The molecule has 0 saturated heterocycles. The third kappa shape index (κ3) is 2.98. The molecule has 2 N–H and O–H groups in total. The molecule has 1 aromatic heterocycles. The van der Waals surface area contributed by atoms with Crippen molar-refractivity contribution in [2.24, 2.45) is 0 Å². The van der Waals surface area contributed by atoms with Gasteiger partial charge in [-0.15, -0.1) is 0 Å². The molecule has 0 spiro atoms. The fraction of sp³-hybridized carbons (Fsp3) is 0.200.